The van der Waals surface area contributed by atoms with E-state index in [1.54, 1.807) is 0 Å². The molecule has 4 aromatic rings. The first-order valence-electron chi connectivity index (χ1n) is 9.31. The number of carboxylic acid groups (broad SMARTS) is 1. The van der Waals surface area contributed by atoms with Crippen molar-refractivity contribution in [3.8, 4) is 17.0 Å². The molecule has 0 aliphatic rings. The van der Waals surface area contributed by atoms with Gasteiger partial charge in [0.15, 0.2) is 0 Å². The Labute approximate surface area is 173 Å². The Bertz CT molecular complexity index is 1180. The quantitative estimate of drug-likeness (QED) is 0.413. The van der Waals surface area contributed by atoms with Crippen LogP contribution in [-0.2, 0) is 17.8 Å². The van der Waals surface area contributed by atoms with E-state index < -0.39 is 5.97 Å². The molecule has 146 valence electrons. The molecule has 0 aliphatic heterocycles. The highest BCUT2D eigenvalue weighted by Crippen LogP contribution is 2.35. The number of rotatable bonds is 6. The Balaban J connectivity index is 1.74. The maximum absolute atomic E-state index is 11.5. The third kappa shape index (κ3) is 3.98. The van der Waals surface area contributed by atoms with Gasteiger partial charge in [0.25, 0.3) is 0 Å². The lowest BCUT2D eigenvalue weighted by atomic mass is 10.0. The zero-order valence-corrected chi connectivity index (χ0v) is 16.7. The number of carbonyl (C=O) groups is 1. The minimum Gasteiger partial charge on any atom is -0.489 e. The molecule has 1 heterocycles. The highest BCUT2D eigenvalue weighted by atomic mass is 35.5. The van der Waals surface area contributed by atoms with Crippen LogP contribution in [0.3, 0.4) is 0 Å². The lowest BCUT2D eigenvalue weighted by Crippen LogP contribution is -2.01. The van der Waals surface area contributed by atoms with Crippen LogP contribution >= 0.6 is 11.6 Å². The number of H-pyrrole nitrogens is 1. The summed E-state index contributed by atoms with van der Waals surface area (Å²) in [6.45, 7) is 2.39. The minimum atomic E-state index is -0.878. The molecule has 0 saturated heterocycles. The Hall–Kier alpha value is -3.24. The van der Waals surface area contributed by atoms with Gasteiger partial charge in [-0.1, -0.05) is 60.1 Å². The van der Waals surface area contributed by atoms with E-state index >= 15 is 0 Å². The van der Waals surface area contributed by atoms with Gasteiger partial charge in [-0.25, -0.2) is 0 Å². The van der Waals surface area contributed by atoms with Crippen molar-refractivity contribution in [1.82, 2.24) is 4.98 Å². The van der Waals surface area contributed by atoms with E-state index in [1.165, 1.54) is 0 Å². The van der Waals surface area contributed by atoms with Gasteiger partial charge in [-0.05, 0) is 41.8 Å². The van der Waals surface area contributed by atoms with E-state index in [0.29, 0.717) is 11.6 Å². The number of aryl methyl sites for hydroxylation is 1. The van der Waals surface area contributed by atoms with Crippen molar-refractivity contribution < 1.29 is 14.6 Å². The van der Waals surface area contributed by atoms with Crippen LogP contribution < -0.4 is 4.74 Å². The zero-order chi connectivity index (χ0) is 20.4. The molecule has 0 saturated carbocycles. The molecule has 0 amide bonds. The zero-order valence-electron chi connectivity index (χ0n) is 15.9. The van der Waals surface area contributed by atoms with Crippen molar-refractivity contribution in [3.05, 3.63) is 88.4 Å². The number of fused-ring (bicyclic) bond motifs is 1. The molecule has 0 fully saturated rings. The molecule has 0 unspecified atom stereocenters. The number of nitrogens with one attached hydrogen (secondary N) is 1. The van der Waals surface area contributed by atoms with Gasteiger partial charge in [-0.3, -0.25) is 4.79 Å². The fraction of sp³-hybridized carbons (Fsp3) is 0.125. The van der Waals surface area contributed by atoms with Gasteiger partial charge in [0, 0.05) is 16.0 Å². The minimum absolute atomic E-state index is 0.0779. The Morgan fingerprint density at radius 1 is 1.07 bits per heavy atom. The standard InChI is InChI=1S/C24H20ClNO3/c1-15-21(25)11-10-19-20(13-22(27)28)24(26-23(15)19)17-8-5-9-18(12-17)29-14-16-6-3-2-4-7-16/h2-12,26H,13-14H2,1H3,(H,27,28). The number of hydrogen-bond donors (Lipinski definition) is 2. The third-order valence-electron chi connectivity index (χ3n) is 4.97. The lowest BCUT2D eigenvalue weighted by Gasteiger charge is -2.09. The SMILES string of the molecule is Cc1c(Cl)ccc2c(CC(=O)O)c(-c3cccc(OCc4ccccc4)c3)[nH]c12. The van der Waals surface area contributed by atoms with E-state index in [2.05, 4.69) is 4.98 Å². The first kappa shape index (κ1) is 19.1. The monoisotopic (exact) mass is 405 g/mol. The molecule has 0 aliphatic carbocycles. The van der Waals surface area contributed by atoms with Crippen LogP contribution in [0.25, 0.3) is 22.2 Å². The Morgan fingerprint density at radius 2 is 1.86 bits per heavy atom. The number of ether oxygens (including phenoxy) is 1. The summed E-state index contributed by atoms with van der Waals surface area (Å²) in [5, 5.41) is 11.0. The van der Waals surface area contributed by atoms with Gasteiger partial charge in [-0.15, -0.1) is 0 Å². The predicted octanol–water partition coefficient (Wildman–Crippen LogP) is 6.00. The molecule has 4 nitrogen and oxygen atoms in total. The van der Waals surface area contributed by atoms with Crippen molar-refractivity contribution >= 4 is 28.5 Å². The van der Waals surface area contributed by atoms with Gasteiger partial charge in [-0.2, -0.15) is 0 Å². The van der Waals surface area contributed by atoms with Gasteiger partial charge >= 0.3 is 5.97 Å². The van der Waals surface area contributed by atoms with E-state index in [0.717, 1.165) is 44.6 Å². The van der Waals surface area contributed by atoms with Crippen LogP contribution in [0.1, 0.15) is 16.7 Å². The molecule has 4 rings (SSSR count). The molecule has 1 aromatic heterocycles. The van der Waals surface area contributed by atoms with E-state index in [9.17, 15) is 9.90 Å². The molecule has 29 heavy (non-hydrogen) atoms. The van der Waals surface area contributed by atoms with Gasteiger partial charge in [0.2, 0.25) is 0 Å². The van der Waals surface area contributed by atoms with Crippen LogP contribution in [-0.4, -0.2) is 16.1 Å². The summed E-state index contributed by atoms with van der Waals surface area (Å²) in [4.78, 5) is 14.9. The number of carboxylic acids is 1. The first-order valence-corrected chi connectivity index (χ1v) is 9.69. The number of hydrogen-bond acceptors (Lipinski definition) is 2. The van der Waals surface area contributed by atoms with Crippen molar-refractivity contribution in [2.24, 2.45) is 0 Å². The molecule has 2 N–H and O–H groups in total. The molecule has 0 atom stereocenters. The van der Waals surface area contributed by atoms with Crippen molar-refractivity contribution in [1.29, 1.82) is 0 Å². The summed E-state index contributed by atoms with van der Waals surface area (Å²) in [7, 11) is 0. The van der Waals surface area contributed by atoms with E-state index in [1.807, 2.05) is 73.7 Å². The highest BCUT2D eigenvalue weighted by molar-refractivity contribution is 6.32. The largest absolute Gasteiger partial charge is 0.489 e. The van der Waals surface area contributed by atoms with Crippen molar-refractivity contribution in [2.75, 3.05) is 0 Å². The van der Waals surface area contributed by atoms with Crippen molar-refractivity contribution in [3.63, 3.8) is 0 Å². The summed E-state index contributed by atoms with van der Waals surface area (Å²) in [5.41, 5.74) is 5.24. The van der Waals surface area contributed by atoms with Gasteiger partial charge in [0.1, 0.15) is 12.4 Å². The Kier molecular flexibility index (Phi) is 5.28. The fourth-order valence-electron chi connectivity index (χ4n) is 3.50. The third-order valence-corrected chi connectivity index (χ3v) is 5.38. The summed E-state index contributed by atoms with van der Waals surface area (Å²) >= 11 is 6.27. The number of aliphatic carboxylic acids is 1. The smallest absolute Gasteiger partial charge is 0.307 e. The Morgan fingerprint density at radius 3 is 2.62 bits per heavy atom. The molecule has 3 aromatic carbocycles. The summed E-state index contributed by atoms with van der Waals surface area (Å²) < 4.78 is 5.94. The summed E-state index contributed by atoms with van der Waals surface area (Å²) in [6, 6.07) is 21.3. The molecule has 5 heteroatoms. The topological polar surface area (TPSA) is 62.3 Å². The van der Waals surface area contributed by atoms with Crippen LogP contribution in [0.15, 0.2) is 66.7 Å². The summed E-state index contributed by atoms with van der Waals surface area (Å²) in [5.74, 6) is -0.155. The van der Waals surface area contributed by atoms with Crippen LogP contribution in [0, 0.1) is 6.92 Å². The normalized spacial score (nSPS) is 11.0. The van der Waals surface area contributed by atoms with Gasteiger partial charge in [0.05, 0.1) is 17.6 Å². The first-order chi connectivity index (χ1) is 14.0. The number of benzene rings is 3. The average Bonchev–Trinajstić information content (AvgIpc) is 3.09. The van der Waals surface area contributed by atoms with E-state index in [-0.39, 0.29) is 6.42 Å². The molecule has 0 spiro atoms. The second-order valence-corrected chi connectivity index (χ2v) is 7.35. The fourth-order valence-corrected chi connectivity index (χ4v) is 3.65. The molecule has 0 radical (unpaired) electrons. The highest BCUT2D eigenvalue weighted by Gasteiger charge is 2.18. The van der Waals surface area contributed by atoms with Crippen LogP contribution in [0.5, 0.6) is 5.75 Å². The molecular weight excluding hydrogens is 386 g/mol. The second kappa shape index (κ2) is 8.02. The summed E-state index contributed by atoms with van der Waals surface area (Å²) in [6.07, 6.45) is -0.0779. The number of aromatic nitrogens is 1. The predicted molar refractivity (Wildman–Crippen MR) is 116 cm³/mol. The molecule has 0 bridgehead atoms. The second-order valence-electron chi connectivity index (χ2n) is 6.95. The molecular formula is C24H20ClNO3. The van der Waals surface area contributed by atoms with Crippen LogP contribution in [0.4, 0.5) is 0 Å². The number of halogens is 1. The maximum atomic E-state index is 11.5. The maximum Gasteiger partial charge on any atom is 0.307 e. The van der Waals surface area contributed by atoms with Gasteiger partial charge < -0.3 is 14.8 Å². The lowest BCUT2D eigenvalue weighted by molar-refractivity contribution is -0.136. The van der Waals surface area contributed by atoms with Crippen LogP contribution in [0.2, 0.25) is 5.02 Å². The van der Waals surface area contributed by atoms with E-state index in [4.69, 9.17) is 16.3 Å². The van der Waals surface area contributed by atoms with Crippen molar-refractivity contribution in [2.45, 2.75) is 20.0 Å². The number of aromatic amines is 1. The average molecular weight is 406 g/mol.